The number of nitrogens with zero attached hydrogens (tertiary/aromatic N) is 4. The van der Waals surface area contributed by atoms with Crippen molar-refractivity contribution in [3.8, 4) is 0 Å². The molecule has 1 aliphatic carbocycles. The minimum atomic E-state index is 0.222. The zero-order valence-corrected chi connectivity index (χ0v) is 20.7. The number of benzene rings is 2. The van der Waals surface area contributed by atoms with Crippen LogP contribution in [0.15, 0.2) is 42.5 Å². The fraction of sp³-hybridized carbons (Fsp3) is 0.448. The minimum absolute atomic E-state index is 0.222. The summed E-state index contributed by atoms with van der Waals surface area (Å²) < 4.78 is 0. The lowest BCUT2D eigenvalue weighted by Crippen LogP contribution is -2.52. The van der Waals surface area contributed by atoms with E-state index in [1.165, 1.54) is 27.8 Å². The van der Waals surface area contributed by atoms with Crippen molar-refractivity contribution in [2.75, 3.05) is 43.0 Å². The molecule has 34 heavy (non-hydrogen) atoms. The SMILES string of the molecule is Cc1ccc2c(N3CCN(CCc4c(C)ccc5c4C4CC4C(=O)N5C)[C@H](C)C3)cccc2n1. The number of pyridine rings is 1. The average Bonchev–Trinajstić information content (AvgIpc) is 3.63. The number of aryl methyl sites for hydroxylation is 2. The van der Waals surface area contributed by atoms with E-state index < -0.39 is 0 Å². The largest absolute Gasteiger partial charge is 0.368 e. The highest BCUT2D eigenvalue weighted by Crippen LogP contribution is 2.56. The van der Waals surface area contributed by atoms with E-state index in [9.17, 15) is 4.79 Å². The van der Waals surface area contributed by atoms with Crippen molar-refractivity contribution in [3.05, 3.63) is 64.8 Å². The number of fused-ring (bicyclic) bond motifs is 4. The maximum absolute atomic E-state index is 12.5. The van der Waals surface area contributed by atoms with Crippen molar-refractivity contribution in [1.82, 2.24) is 9.88 Å². The molecule has 3 heterocycles. The lowest BCUT2D eigenvalue weighted by Gasteiger charge is -2.41. The molecule has 0 radical (unpaired) electrons. The predicted octanol–water partition coefficient (Wildman–Crippen LogP) is 4.68. The lowest BCUT2D eigenvalue weighted by atomic mass is 9.90. The first-order valence-electron chi connectivity index (χ1n) is 12.7. The van der Waals surface area contributed by atoms with Gasteiger partial charge in [0.05, 0.1) is 5.52 Å². The quantitative estimate of drug-likeness (QED) is 0.574. The van der Waals surface area contributed by atoms with E-state index in [0.29, 0.717) is 17.9 Å². The second kappa shape index (κ2) is 8.09. The van der Waals surface area contributed by atoms with Crippen LogP contribution in [0.4, 0.5) is 11.4 Å². The number of rotatable bonds is 4. The second-order valence-electron chi connectivity index (χ2n) is 10.5. The van der Waals surface area contributed by atoms with Gasteiger partial charge >= 0.3 is 0 Å². The third-order valence-corrected chi connectivity index (χ3v) is 8.34. The molecule has 1 saturated carbocycles. The van der Waals surface area contributed by atoms with E-state index in [1.54, 1.807) is 0 Å². The standard InChI is InChI=1S/C29H34N4O/c1-18-8-11-27-28(23-16-24(23)29(34)31(27)4)21(18)12-13-32-14-15-33(17-20(32)3)26-7-5-6-25-22(26)10-9-19(2)30-25/h5-11,20,23-24H,12-17H2,1-4H3/t20-,23?,24?/m1/s1. The third-order valence-electron chi connectivity index (χ3n) is 8.34. The Morgan fingerprint density at radius 1 is 1.00 bits per heavy atom. The molecule has 6 rings (SSSR count). The summed E-state index contributed by atoms with van der Waals surface area (Å²) in [5.41, 5.74) is 8.90. The highest BCUT2D eigenvalue weighted by molar-refractivity contribution is 6.01. The van der Waals surface area contributed by atoms with E-state index in [1.807, 2.05) is 11.9 Å². The molecule has 2 unspecified atom stereocenters. The smallest absolute Gasteiger partial charge is 0.230 e. The zero-order chi connectivity index (χ0) is 23.6. The second-order valence-corrected chi connectivity index (χ2v) is 10.5. The summed E-state index contributed by atoms with van der Waals surface area (Å²) in [6, 6.07) is 15.7. The molecule has 3 aromatic rings. The molecule has 2 fully saturated rings. The van der Waals surface area contributed by atoms with E-state index in [4.69, 9.17) is 4.98 Å². The molecular formula is C29H34N4O. The van der Waals surface area contributed by atoms with Gasteiger partial charge in [-0.15, -0.1) is 0 Å². The first kappa shape index (κ1) is 21.6. The van der Waals surface area contributed by atoms with E-state index in [0.717, 1.165) is 55.9 Å². The van der Waals surface area contributed by atoms with Crippen LogP contribution >= 0.6 is 0 Å². The molecule has 0 bridgehead atoms. The fourth-order valence-corrected chi connectivity index (χ4v) is 6.27. The van der Waals surface area contributed by atoms with Gasteiger partial charge in [-0.2, -0.15) is 0 Å². The van der Waals surface area contributed by atoms with Crippen LogP contribution in [0, 0.1) is 19.8 Å². The Balaban J connectivity index is 1.18. The molecule has 2 aromatic carbocycles. The normalized spacial score (nSPS) is 24.4. The molecule has 1 saturated heterocycles. The summed E-state index contributed by atoms with van der Waals surface area (Å²) in [5.74, 6) is 0.974. The van der Waals surface area contributed by atoms with Crippen LogP contribution < -0.4 is 9.80 Å². The first-order valence-corrected chi connectivity index (χ1v) is 12.7. The molecule has 0 N–H and O–H groups in total. The van der Waals surface area contributed by atoms with Gasteiger partial charge in [0.25, 0.3) is 0 Å². The monoisotopic (exact) mass is 454 g/mol. The summed E-state index contributed by atoms with van der Waals surface area (Å²) >= 11 is 0. The highest BCUT2D eigenvalue weighted by Gasteiger charge is 2.51. The number of carbonyl (C=O) groups excluding carboxylic acids is 1. The van der Waals surface area contributed by atoms with Crippen molar-refractivity contribution in [2.24, 2.45) is 5.92 Å². The van der Waals surface area contributed by atoms with Gasteiger partial charge < -0.3 is 9.80 Å². The highest BCUT2D eigenvalue weighted by atomic mass is 16.2. The van der Waals surface area contributed by atoms with Gasteiger partial charge in [0.2, 0.25) is 5.91 Å². The summed E-state index contributed by atoms with van der Waals surface area (Å²) in [6.07, 6.45) is 2.09. The minimum Gasteiger partial charge on any atom is -0.368 e. The number of anilines is 2. The lowest BCUT2D eigenvalue weighted by molar-refractivity contribution is -0.119. The maximum Gasteiger partial charge on any atom is 0.230 e. The fourth-order valence-electron chi connectivity index (χ4n) is 6.27. The Morgan fingerprint density at radius 3 is 2.68 bits per heavy atom. The van der Waals surface area contributed by atoms with Crippen molar-refractivity contribution < 1.29 is 4.79 Å². The molecule has 1 aromatic heterocycles. The third kappa shape index (κ3) is 3.49. The Hall–Kier alpha value is -2.92. The Labute approximate surface area is 202 Å². The van der Waals surface area contributed by atoms with Crippen LogP contribution in [-0.2, 0) is 11.2 Å². The first-order chi connectivity index (χ1) is 16.4. The molecule has 5 nitrogen and oxygen atoms in total. The van der Waals surface area contributed by atoms with Gasteiger partial charge in [0, 0.05) is 67.6 Å². The molecule has 2 aliphatic heterocycles. The molecule has 3 aliphatic rings. The van der Waals surface area contributed by atoms with Crippen LogP contribution in [0.2, 0.25) is 0 Å². The van der Waals surface area contributed by atoms with Gasteiger partial charge in [-0.05, 0) is 86.6 Å². The molecule has 1 amide bonds. The molecular weight excluding hydrogens is 420 g/mol. The summed E-state index contributed by atoms with van der Waals surface area (Å²) in [5, 5.41) is 1.25. The van der Waals surface area contributed by atoms with E-state index >= 15 is 0 Å². The Morgan fingerprint density at radius 2 is 1.85 bits per heavy atom. The van der Waals surface area contributed by atoms with Gasteiger partial charge in [-0.3, -0.25) is 14.7 Å². The number of carbonyl (C=O) groups is 1. The summed E-state index contributed by atoms with van der Waals surface area (Å²) in [7, 11) is 1.94. The van der Waals surface area contributed by atoms with E-state index in [-0.39, 0.29) is 5.92 Å². The number of piperazine rings is 1. The zero-order valence-electron chi connectivity index (χ0n) is 20.7. The van der Waals surface area contributed by atoms with Crippen LogP contribution in [0.25, 0.3) is 10.9 Å². The Bertz CT molecular complexity index is 1280. The molecule has 176 valence electrons. The molecule has 3 atom stereocenters. The van der Waals surface area contributed by atoms with Crippen molar-refractivity contribution in [1.29, 1.82) is 0 Å². The number of amides is 1. The summed E-state index contributed by atoms with van der Waals surface area (Å²) in [4.78, 5) is 24.3. The number of hydrogen-bond acceptors (Lipinski definition) is 4. The van der Waals surface area contributed by atoms with Crippen LogP contribution in [0.1, 0.15) is 41.6 Å². The van der Waals surface area contributed by atoms with Crippen LogP contribution in [0.5, 0.6) is 0 Å². The van der Waals surface area contributed by atoms with Gasteiger partial charge in [0.15, 0.2) is 0 Å². The van der Waals surface area contributed by atoms with E-state index in [2.05, 4.69) is 73.0 Å². The van der Waals surface area contributed by atoms with Crippen LogP contribution in [0.3, 0.4) is 0 Å². The average molecular weight is 455 g/mol. The van der Waals surface area contributed by atoms with Crippen molar-refractivity contribution >= 4 is 28.2 Å². The molecule has 5 heteroatoms. The molecule has 0 spiro atoms. The topological polar surface area (TPSA) is 39.7 Å². The number of hydrogen-bond donors (Lipinski definition) is 0. The van der Waals surface area contributed by atoms with Gasteiger partial charge in [-0.25, -0.2) is 0 Å². The van der Waals surface area contributed by atoms with Crippen molar-refractivity contribution in [3.63, 3.8) is 0 Å². The number of aromatic nitrogens is 1. The van der Waals surface area contributed by atoms with Gasteiger partial charge in [-0.1, -0.05) is 12.1 Å². The van der Waals surface area contributed by atoms with Crippen molar-refractivity contribution in [2.45, 2.75) is 45.6 Å². The Kier molecular flexibility index (Phi) is 5.14. The van der Waals surface area contributed by atoms with Crippen LogP contribution in [-0.4, -0.2) is 55.1 Å². The maximum atomic E-state index is 12.5. The summed E-state index contributed by atoms with van der Waals surface area (Å²) in [6.45, 7) is 10.8. The predicted molar refractivity (Wildman–Crippen MR) is 139 cm³/mol. The van der Waals surface area contributed by atoms with Gasteiger partial charge in [0.1, 0.15) is 0 Å².